The lowest BCUT2D eigenvalue weighted by Gasteiger charge is -1.97. The minimum absolute atomic E-state index is 0.967. The first kappa shape index (κ1) is 15.1. The third-order valence-electron chi connectivity index (χ3n) is 3.70. The van der Waals surface area contributed by atoms with Gasteiger partial charge in [-0.1, -0.05) is 30.7 Å². The molecule has 0 N–H and O–H groups in total. The predicted molar refractivity (Wildman–Crippen MR) is 95.4 cm³/mol. The van der Waals surface area contributed by atoms with Gasteiger partial charge in [-0.05, 0) is 49.2 Å². The summed E-state index contributed by atoms with van der Waals surface area (Å²) in [6.45, 7) is 4.23. The van der Waals surface area contributed by atoms with Crippen LogP contribution in [0.1, 0.15) is 18.1 Å². The van der Waals surface area contributed by atoms with Crippen LogP contribution in [0.5, 0.6) is 0 Å². The molecule has 0 bridgehead atoms. The van der Waals surface area contributed by atoms with Gasteiger partial charge in [0.15, 0.2) is 0 Å². The fraction of sp³-hybridized carbons (Fsp3) is 0.150. The fourth-order valence-electron chi connectivity index (χ4n) is 2.42. The lowest BCUT2D eigenvalue weighted by atomic mass is 10.1. The summed E-state index contributed by atoms with van der Waals surface area (Å²) < 4.78 is 0. The molecule has 0 aliphatic heterocycles. The number of hydrogen-bond acceptors (Lipinski definition) is 3. The highest BCUT2D eigenvalue weighted by Gasteiger charge is 1.95. The van der Waals surface area contributed by atoms with E-state index in [1.165, 1.54) is 16.5 Å². The Morgan fingerprint density at radius 2 is 1.48 bits per heavy atom. The van der Waals surface area contributed by atoms with Crippen molar-refractivity contribution in [3.63, 3.8) is 0 Å². The van der Waals surface area contributed by atoms with E-state index < -0.39 is 0 Å². The summed E-state index contributed by atoms with van der Waals surface area (Å²) in [6.07, 6.45) is 6.31. The number of benzene rings is 2. The largest absolute Gasteiger partial charge is 0.256 e. The summed E-state index contributed by atoms with van der Waals surface area (Å²) in [4.78, 5) is 12.6. The van der Waals surface area contributed by atoms with E-state index in [0.29, 0.717) is 0 Å². The molecule has 0 spiro atoms. The molecule has 4 aromatic rings. The maximum atomic E-state index is 4.23. The average Bonchev–Trinajstić information content (AvgIpc) is 2.61. The third kappa shape index (κ3) is 3.69. The number of hydrogen-bond donors (Lipinski definition) is 0. The Morgan fingerprint density at radius 1 is 0.739 bits per heavy atom. The van der Waals surface area contributed by atoms with Gasteiger partial charge < -0.3 is 0 Å². The number of aromatic nitrogens is 3. The van der Waals surface area contributed by atoms with E-state index in [0.717, 1.165) is 23.0 Å². The molecule has 0 radical (unpaired) electrons. The second-order valence-corrected chi connectivity index (χ2v) is 5.43. The van der Waals surface area contributed by atoms with Crippen LogP contribution in [0.25, 0.3) is 21.9 Å². The van der Waals surface area contributed by atoms with E-state index >= 15 is 0 Å². The average molecular weight is 301 g/mol. The zero-order chi connectivity index (χ0) is 16.1. The monoisotopic (exact) mass is 301 g/mol. The zero-order valence-corrected chi connectivity index (χ0v) is 13.4. The maximum absolute atomic E-state index is 4.23. The number of aryl methyl sites for hydroxylation is 2. The lowest BCUT2D eigenvalue weighted by molar-refractivity contribution is 1.14. The van der Waals surface area contributed by atoms with E-state index in [2.05, 4.69) is 59.1 Å². The third-order valence-corrected chi connectivity index (χ3v) is 3.70. The molecule has 2 aromatic heterocycles. The normalized spacial score (nSPS) is 10.3. The molecule has 0 unspecified atom stereocenters. The minimum Gasteiger partial charge on any atom is -0.256 e. The van der Waals surface area contributed by atoms with Crippen molar-refractivity contribution in [2.45, 2.75) is 20.3 Å². The van der Waals surface area contributed by atoms with E-state index in [-0.39, 0.29) is 0 Å². The number of fused-ring (bicyclic) bond motifs is 2. The van der Waals surface area contributed by atoms with Gasteiger partial charge in [0.2, 0.25) is 0 Å². The highest BCUT2D eigenvalue weighted by Crippen LogP contribution is 2.12. The van der Waals surface area contributed by atoms with Gasteiger partial charge in [-0.25, -0.2) is 0 Å². The Hall–Kier alpha value is -2.81. The molecular formula is C20H19N3. The first-order valence-corrected chi connectivity index (χ1v) is 7.77. The molecule has 0 atom stereocenters. The Labute approximate surface area is 136 Å². The predicted octanol–water partition coefficient (Wildman–Crippen LogP) is 4.74. The van der Waals surface area contributed by atoms with Gasteiger partial charge in [-0.3, -0.25) is 15.0 Å². The molecule has 23 heavy (non-hydrogen) atoms. The summed E-state index contributed by atoms with van der Waals surface area (Å²) in [5.41, 5.74) is 5.61. The molecule has 2 heterocycles. The van der Waals surface area contributed by atoms with Crippen LogP contribution < -0.4 is 0 Å². The molecule has 0 fully saturated rings. The van der Waals surface area contributed by atoms with Crippen LogP contribution in [0.3, 0.4) is 0 Å². The summed E-state index contributed by atoms with van der Waals surface area (Å²) in [5, 5.41) is 1.22. The van der Waals surface area contributed by atoms with Gasteiger partial charge in [-0.15, -0.1) is 0 Å². The Kier molecular flexibility index (Phi) is 4.57. The molecule has 0 aliphatic rings. The SMILES string of the molecule is CCc1ccc2nccnc2c1.Cc1ccc2ncccc2c1. The van der Waals surface area contributed by atoms with Crippen LogP contribution in [0, 0.1) is 6.92 Å². The van der Waals surface area contributed by atoms with E-state index in [4.69, 9.17) is 0 Å². The second-order valence-electron chi connectivity index (χ2n) is 5.43. The zero-order valence-electron chi connectivity index (χ0n) is 13.4. The molecule has 3 nitrogen and oxygen atoms in total. The molecule has 114 valence electrons. The topological polar surface area (TPSA) is 38.7 Å². The summed E-state index contributed by atoms with van der Waals surface area (Å²) >= 11 is 0. The highest BCUT2D eigenvalue weighted by molar-refractivity contribution is 5.78. The van der Waals surface area contributed by atoms with Crippen LogP contribution >= 0.6 is 0 Å². The van der Waals surface area contributed by atoms with Crippen LogP contribution in [0.15, 0.2) is 67.1 Å². The first-order valence-electron chi connectivity index (χ1n) is 7.77. The van der Waals surface area contributed by atoms with Gasteiger partial charge in [0.1, 0.15) is 0 Å². The minimum atomic E-state index is 0.967. The molecule has 4 rings (SSSR count). The molecule has 0 saturated carbocycles. The summed E-state index contributed by atoms with van der Waals surface area (Å²) in [6, 6.07) is 16.5. The van der Waals surface area contributed by atoms with Crippen LogP contribution in [0.2, 0.25) is 0 Å². The second kappa shape index (κ2) is 6.97. The van der Waals surface area contributed by atoms with Crippen molar-refractivity contribution < 1.29 is 0 Å². The number of pyridine rings is 1. The molecule has 0 saturated heterocycles. The van der Waals surface area contributed by atoms with Crippen LogP contribution in [-0.4, -0.2) is 15.0 Å². The molecule has 2 aromatic carbocycles. The van der Waals surface area contributed by atoms with Crippen molar-refractivity contribution in [3.8, 4) is 0 Å². The maximum Gasteiger partial charge on any atom is 0.0889 e. The fourth-order valence-corrected chi connectivity index (χ4v) is 2.42. The lowest BCUT2D eigenvalue weighted by Crippen LogP contribution is -1.84. The van der Waals surface area contributed by atoms with E-state index in [1.807, 2.05) is 24.4 Å². The Balaban J connectivity index is 0.000000136. The Morgan fingerprint density at radius 3 is 2.30 bits per heavy atom. The van der Waals surface area contributed by atoms with E-state index in [1.54, 1.807) is 12.4 Å². The van der Waals surface area contributed by atoms with E-state index in [9.17, 15) is 0 Å². The smallest absolute Gasteiger partial charge is 0.0889 e. The molecular weight excluding hydrogens is 282 g/mol. The van der Waals surface area contributed by atoms with Crippen molar-refractivity contribution in [3.05, 3.63) is 78.2 Å². The van der Waals surface area contributed by atoms with Crippen LogP contribution in [0.4, 0.5) is 0 Å². The quantitative estimate of drug-likeness (QED) is 0.510. The van der Waals surface area contributed by atoms with Crippen molar-refractivity contribution in [2.24, 2.45) is 0 Å². The van der Waals surface area contributed by atoms with Crippen molar-refractivity contribution in [1.82, 2.24) is 15.0 Å². The number of rotatable bonds is 1. The molecule has 3 heteroatoms. The van der Waals surface area contributed by atoms with Gasteiger partial charge in [0.05, 0.1) is 16.6 Å². The van der Waals surface area contributed by atoms with Crippen molar-refractivity contribution >= 4 is 21.9 Å². The first-order chi connectivity index (χ1) is 11.3. The molecule has 0 aliphatic carbocycles. The summed E-state index contributed by atoms with van der Waals surface area (Å²) in [5.74, 6) is 0. The van der Waals surface area contributed by atoms with Crippen LogP contribution in [-0.2, 0) is 6.42 Å². The van der Waals surface area contributed by atoms with Gasteiger partial charge in [0, 0.05) is 24.0 Å². The van der Waals surface area contributed by atoms with Gasteiger partial charge in [-0.2, -0.15) is 0 Å². The Bertz CT molecular complexity index is 932. The van der Waals surface area contributed by atoms with Gasteiger partial charge in [0.25, 0.3) is 0 Å². The summed E-state index contributed by atoms with van der Waals surface area (Å²) in [7, 11) is 0. The van der Waals surface area contributed by atoms with Gasteiger partial charge >= 0.3 is 0 Å². The van der Waals surface area contributed by atoms with Crippen molar-refractivity contribution in [1.29, 1.82) is 0 Å². The highest BCUT2D eigenvalue weighted by atomic mass is 14.8. The molecule has 0 amide bonds. The van der Waals surface area contributed by atoms with Crippen molar-refractivity contribution in [2.75, 3.05) is 0 Å². The standard InChI is InChI=1S/C10H10N2.C10H9N/c1-2-8-3-4-9-10(7-8)12-6-5-11-9;1-8-4-5-10-9(7-8)3-2-6-11-10/h3-7H,2H2,1H3;2-7H,1H3. The number of nitrogens with zero attached hydrogens (tertiary/aromatic N) is 3.